The lowest BCUT2D eigenvalue weighted by molar-refractivity contribution is -0.200. The molecule has 0 heterocycles. The van der Waals surface area contributed by atoms with Crippen LogP contribution in [0.15, 0.2) is 0 Å². The van der Waals surface area contributed by atoms with Crippen molar-refractivity contribution in [2.24, 2.45) is 0 Å². The quantitative estimate of drug-likeness (QED) is 0.374. The maximum Gasteiger partial charge on any atom is 0.303 e. The van der Waals surface area contributed by atoms with Crippen molar-refractivity contribution >= 4 is 17.6 Å². The first-order valence-corrected chi connectivity index (χ1v) is 5.15. The average molecular weight is 225 g/mol. The minimum Gasteiger partial charge on any atom is -0.456 e. The van der Waals surface area contributed by atoms with E-state index < -0.39 is 12.4 Å². The summed E-state index contributed by atoms with van der Waals surface area (Å²) in [4.78, 5) is 10.7. The summed E-state index contributed by atoms with van der Waals surface area (Å²) in [6.45, 7) is 5.98. The van der Waals surface area contributed by atoms with Crippen LogP contribution in [0.4, 0.5) is 0 Å². The highest BCUT2D eigenvalue weighted by atomic mass is 35.5. The second-order valence-electron chi connectivity index (χ2n) is 2.58. The molecular formula is C9H17ClO4. The Morgan fingerprint density at radius 1 is 1.29 bits per heavy atom. The van der Waals surface area contributed by atoms with Gasteiger partial charge in [0.05, 0.1) is 5.88 Å². The summed E-state index contributed by atoms with van der Waals surface area (Å²) in [7, 11) is 0. The van der Waals surface area contributed by atoms with Crippen LogP contribution < -0.4 is 0 Å². The Bertz CT molecular complexity index is 157. The van der Waals surface area contributed by atoms with Crippen molar-refractivity contribution in [3.63, 3.8) is 0 Å². The average Bonchev–Trinajstić information content (AvgIpc) is 2.13. The van der Waals surface area contributed by atoms with Gasteiger partial charge < -0.3 is 14.2 Å². The molecule has 0 spiro atoms. The fourth-order valence-electron chi connectivity index (χ4n) is 0.964. The van der Waals surface area contributed by atoms with Crippen molar-refractivity contribution in [3.8, 4) is 0 Å². The van der Waals surface area contributed by atoms with E-state index in [0.29, 0.717) is 13.2 Å². The highest BCUT2D eigenvalue weighted by Gasteiger charge is 2.24. The van der Waals surface area contributed by atoms with Gasteiger partial charge in [-0.15, -0.1) is 11.6 Å². The van der Waals surface area contributed by atoms with Gasteiger partial charge in [0.25, 0.3) is 0 Å². The molecule has 1 atom stereocenters. The van der Waals surface area contributed by atoms with Crippen LogP contribution in [0.25, 0.3) is 0 Å². The van der Waals surface area contributed by atoms with Crippen LogP contribution in [0.3, 0.4) is 0 Å². The summed E-state index contributed by atoms with van der Waals surface area (Å²) in [5.74, 6) is -0.232. The lowest BCUT2D eigenvalue weighted by Crippen LogP contribution is -2.36. The van der Waals surface area contributed by atoms with Gasteiger partial charge >= 0.3 is 5.97 Å². The number of hydrogen-bond acceptors (Lipinski definition) is 4. The van der Waals surface area contributed by atoms with E-state index in [1.54, 1.807) is 0 Å². The van der Waals surface area contributed by atoms with Crippen molar-refractivity contribution in [3.05, 3.63) is 0 Å². The number of alkyl halides is 1. The van der Waals surface area contributed by atoms with Crippen LogP contribution in [-0.2, 0) is 19.0 Å². The second kappa shape index (κ2) is 8.03. The summed E-state index contributed by atoms with van der Waals surface area (Å²) >= 11 is 5.64. The van der Waals surface area contributed by atoms with E-state index in [-0.39, 0.29) is 11.8 Å². The lowest BCUT2D eigenvalue weighted by Gasteiger charge is -2.24. The summed E-state index contributed by atoms with van der Waals surface area (Å²) in [6.07, 6.45) is -1.12. The number of rotatable bonds is 7. The molecule has 0 aromatic rings. The van der Waals surface area contributed by atoms with Crippen molar-refractivity contribution in [2.75, 3.05) is 19.1 Å². The van der Waals surface area contributed by atoms with Crippen LogP contribution in [0.1, 0.15) is 20.8 Å². The zero-order valence-corrected chi connectivity index (χ0v) is 9.54. The van der Waals surface area contributed by atoms with Crippen LogP contribution in [0.2, 0.25) is 0 Å². The minimum atomic E-state index is -0.577. The van der Waals surface area contributed by atoms with Gasteiger partial charge in [-0.2, -0.15) is 0 Å². The molecule has 0 N–H and O–H groups in total. The van der Waals surface area contributed by atoms with Crippen LogP contribution in [0.5, 0.6) is 0 Å². The molecule has 0 rings (SSSR count). The molecule has 0 aromatic heterocycles. The maximum atomic E-state index is 10.7. The molecule has 84 valence electrons. The van der Waals surface area contributed by atoms with E-state index >= 15 is 0 Å². The molecule has 0 aliphatic carbocycles. The fraction of sp³-hybridized carbons (Fsp3) is 0.889. The monoisotopic (exact) mass is 224 g/mol. The third kappa shape index (κ3) is 5.42. The maximum absolute atomic E-state index is 10.7. The van der Waals surface area contributed by atoms with Crippen LogP contribution in [0, 0.1) is 0 Å². The minimum absolute atomic E-state index is 0.157. The number of halogens is 1. The van der Waals surface area contributed by atoms with Crippen LogP contribution >= 0.6 is 11.6 Å². The Morgan fingerprint density at radius 2 is 1.79 bits per heavy atom. The van der Waals surface area contributed by atoms with Crippen molar-refractivity contribution in [1.29, 1.82) is 0 Å². The van der Waals surface area contributed by atoms with E-state index in [2.05, 4.69) is 0 Å². The number of esters is 1. The molecule has 14 heavy (non-hydrogen) atoms. The zero-order chi connectivity index (χ0) is 11.0. The van der Waals surface area contributed by atoms with Gasteiger partial charge in [0.2, 0.25) is 0 Å². The SMILES string of the molecule is CCOC(OCC)[C@H](CCl)OC(C)=O. The van der Waals surface area contributed by atoms with Crippen molar-refractivity contribution < 1.29 is 19.0 Å². The molecular weight excluding hydrogens is 208 g/mol. The van der Waals surface area contributed by atoms with Gasteiger partial charge in [0.15, 0.2) is 12.4 Å². The summed E-state index contributed by atoms with van der Waals surface area (Å²) in [6, 6.07) is 0. The molecule has 0 saturated heterocycles. The van der Waals surface area contributed by atoms with Gasteiger partial charge in [-0.05, 0) is 13.8 Å². The molecule has 0 aliphatic heterocycles. The molecule has 0 amide bonds. The number of ether oxygens (including phenoxy) is 3. The van der Waals surface area contributed by atoms with E-state index in [1.807, 2.05) is 13.8 Å². The Balaban J connectivity index is 4.16. The lowest BCUT2D eigenvalue weighted by atomic mass is 10.4. The Labute approximate surface area is 89.5 Å². The predicted molar refractivity (Wildman–Crippen MR) is 53.3 cm³/mol. The molecule has 0 fully saturated rings. The van der Waals surface area contributed by atoms with Gasteiger partial charge in [0, 0.05) is 20.1 Å². The third-order valence-corrected chi connectivity index (χ3v) is 1.74. The van der Waals surface area contributed by atoms with Gasteiger partial charge in [-0.3, -0.25) is 4.79 Å². The fourth-order valence-corrected chi connectivity index (χ4v) is 1.17. The van der Waals surface area contributed by atoms with Gasteiger partial charge in [0.1, 0.15) is 0 Å². The molecule has 0 bridgehead atoms. The summed E-state index contributed by atoms with van der Waals surface area (Å²) in [5, 5.41) is 0. The third-order valence-electron chi connectivity index (χ3n) is 1.43. The van der Waals surface area contributed by atoms with E-state index in [9.17, 15) is 4.79 Å². The molecule has 4 nitrogen and oxygen atoms in total. The zero-order valence-electron chi connectivity index (χ0n) is 8.79. The molecule has 0 aliphatic rings. The van der Waals surface area contributed by atoms with Crippen molar-refractivity contribution in [2.45, 2.75) is 33.2 Å². The highest BCUT2D eigenvalue weighted by Crippen LogP contribution is 2.08. The number of hydrogen-bond donors (Lipinski definition) is 0. The summed E-state index contributed by atoms with van der Waals surface area (Å²) < 4.78 is 15.5. The van der Waals surface area contributed by atoms with Crippen LogP contribution in [-0.4, -0.2) is 37.5 Å². The number of carbonyl (C=O) groups is 1. The Hall–Kier alpha value is -0.320. The van der Waals surface area contributed by atoms with Gasteiger partial charge in [-0.1, -0.05) is 0 Å². The molecule has 0 saturated carbocycles. The standard InChI is InChI=1S/C9H17ClO4/c1-4-12-9(13-5-2)8(6-10)14-7(3)11/h8-9H,4-6H2,1-3H3/t8-/m0/s1. The first-order valence-electron chi connectivity index (χ1n) is 4.62. The molecule has 0 radical (unpaired) electrons. The van der Waals surface area contributed by atoms with Crippen molar-refractivity contribution in [1.82, 2.24) is 0 Å². The van der Waals surface area contributed by atoms with E-state index in [0.717, 1.165) is 0 Å². The topological polar surface area (TPSA) is 44.8 Å². The van der Waals surface area contributed by atoms with E-state index in [1.165, 1.54) is 6.92 Å². The van der Waals surface area contributed by atoms with E-state index in [4.69, 9.17) is 25.8 Å². The first-order chi connectivity index (χ1) is 6.65. The highest BCUT2D eigenvalue weighted by molar-refractivity contribution is 6.18. The Morgan fingerprint density at radius 3 is 2.07 bits per heavy atom. The largest absolute Gasteiger partial charge is 0.456 e. The molecule has 0 aromatic carbocycles. The Kier molecular flexibility index (Phi) is 7.84. The normalized spacial score (nSPS) is 12.9. The molecule has 0 unspecified atom stereocenters. The molecule has 5 heteroatoms. The summed E-state index contributed by atoms with van der Waals surface area (Å²) in [5.41, 5.74) is 0. The van der Waals surface area contributed by atoms with Gasteiger partial charge in [-0.25, -0.2) is 0 Å². The number of carbonyl (C=O) groups excluding carboxylic acids is 1. The predicted octanol–water partition coefficient (Wildman–Crippen LogP) is 1.56. The first kappa shape index (κ1) is 13.7. The second-order valence-corrected chi connectivity index (χ2v) is 2.89. The smallest absolute Gasteiger partial charge is 0.303 e.